The Balaban J connectivity index is 1.60. The molecule has 2 fully saturated rings. The number of likely N-dealkylation sites (tertiary alicyclic amines) is 2. The van der Waals surface area contributed by atoms with Crippen LogP contribution in [0, 0.1) is 17.8 Å². The van der Waals surface area contributed by atoms with E-state index in [0.717, 1.165) is 24.4 Å². The predicted octanol–water partition coefficient (Wildman–Crippen LogP) is 4.14. The molecule has 2 aliphatic rings. The van der Waals surface area contributed by atoms with Crippen molar-refractivity contribution in [3.63, 3.8) is 0 Å². The van der Waals surface area contributed by atoms with Crippen molar-refractivity contribution in [2.75, 3.05) is 46.3 Å². The molecular formula is C23H38ClN5O. The number of piperidine rings is 1. The zero-order valence-electron chi connectivity index (χ0n) is 19.3. The summed E-state index contributed by atoms with van der Waals surface area (Å²) in [5.41, 5.74) is 9.31. The lowest BCUT2D eigenvalue weighted by Gasteiger charge is -2.40. The van der Waals surface area contributed by atoms with Gasteiger partial charge in [0, 0.05) is 31.8 Å². The third-order valence-corrected chi connectivity index (χ3v) is 7.07. The van der Waals surface area contributed by atoms with Crippen LogP contribution in [0.15, 0.2) is 21.2 Å². The van der Waals surface area contributed by atoms with Gasteiger partial charge >= 0.3 is 0 Å². The second-order valence-electron chi connectivity index (χ2n) is 10.3. The Bertz CT molecular complexity index is 784. The monoisotopic (exact) mass is 435 g/mol. The van der Waals surface area contributed by atoms with Crippen molar-refractivity contribution < 1.29 is 4.52 Å². The lowest BCUT2D eigenvalue weighted by Crippen LogP contribution is -2.43. The number of nitrogens with zero attached hydrogens (tertiary/aromatic N) is 4. The topological polar surface area (TPSA) is 70.9 Å². The highest BCUT2D eigenvalue weighted by Crippen LogP contribution is 2.41. The predicted molar refractivity (Wildman–Crippen MR) is 125 cm³/mol. The largest absolute Gasteiger partial charge is 0.397 e. The summed E-state index contributed by atoms with van der Waals surface area (Å²) in [4.78, 5) is 9.31. The molecule has 0 unspecified atom stereocenters. The third-order valence-electron chi connectivity index (χ3n) is 6.67. The Morgan fingerprint density at radius 3 is 2.40 bits per heavy atom. The van der Waals surface area contributed by atoms with Crippen LogP contribution in [0.2, 0.25) is 0 Å². The molecule has 0 radical (unpaired) electrons. The molecule has 1 aromatic heterocycles. The Kier molecular flexibility index (Phi) is 7.31. The summed E-state index contributed by atoms with van der Waals surface area (Å²) >= 11 is 6.43. The van der Waals surface area contributed by atoms with E-state index in [0.29, 0.717) is 33.9 Å². The first kappa shape index (κ1) is 23.3. The first-order valence-corrected chi connectivity index (χ1v) is 11.5. The fraction of sp³-hybridized carbons (Fsp3) is 0.739. The summed E-state index contributed by atoms with van der Waals surface area (Å²) in [5.74, 6) is 0.731. The molecule has 0 aliphatic carbocycles. The van der Waals surface area contributed by atoms with E-state index >= 15 is 0 Å². The molecule has 1 aromatic rings. The maximum Gasteiger partial charge on any atom is 0.134 e. The zero-order chi connectivity index (χ0) is 21.9. The molecule has 2 saturated heterocycles. The number of halogens is 1. The minimum absolute atomic E-state index is 0.407. The Labute approximate surface area is 186 Å². The standard InChI is InChI=1S/C23H38ClN5O/c1-17-14-19(27-30-17)20(25)18(21(24)26-5)15-28-11-7-23(8-12-28)9-13-29(16-23)10-6-22(2,3)4/h14H,6-13,15-16,25H2,1-5H3/b20-18-,26-21?. The SMILES string of the molecule is CN=C(Cl)/C(CN1CCC2(CC1)CCN(CCC(C)(C)C)C2)=C(\N)c1cc(C)on1. The molecular weight excluding hydrogens is 398 g/mol. The minimum Gasteiger partial charge on any atom is -0.397 e. The lowest BCUT2D eigenvalue weighted by molar-refractivity contribution is 0.113. The van der Waals surface area contributed by atoms with Gasteiger partial charge in [0.25, 0.3) is 0 Å². The normalized spacial score (nSPS) is 22.0. The molecule has 3 rings (SSSR count). The van der Waals surface area contributed by atoms with Crippen LogP contribution in [0.5, 0.6) is 0 Å². The van der Waals surface area contributed by atoms with E-state index in [1.807, 2.05) is 13.0 Å². The number of hydrogen-bond donors (Lipinski definition) is 1. The maximum absolute atomic E-state index is 6.43. The fourth-order valence-corrected chi connectivity index (χ4v) is 4.74. The van der Waals surface area contributed by atoms with Crippen LogP contribution in [0.25, 0.3) is 5.70 Å². The van der Waals surface area contributed by atoms with E-state index in [-0.39, 0.29) is 0 Å². The average Bonchev–Trinajstić information content (AvgIpc) is 3.31. The van der Waals surface area contributed by atoms with Crippen LogP contribution in [0.1, 0.15) is 57.9 Å². The van der Waals surface area contributed by atoms with Gasteiger partial charge in [-0.05, 0) is 69.6 Å². The van der Waals surface area contributed by atoms with Crippen LogP contribution in [-0.2, 0) is 0 Å². The summed E-state index contributed by atoms with van der Waals surface area (Å²) in [6, 6.07) is 1.84. The Hall–Kier alpha value is -1.37. The number of aromatic nitrogens is 1. The molecule has 0 saturated carbocycles. The van der Waals surface area contributed by atoms with Crippen LogP contribution in [-0.4, -0.2) is 66.4 Å². The molecule has 0 atom stereocenters. The lowest BCUT2D eigenvalue weighted by atomic mass is 9.77. The van der Waals surface area contributed by atoms with Gasteiger partial charge in [-0.3, -0.25) is 9.89 Å². The van der Waals surface area contributed by atoms with Gasteiger partial charge in [0.2, 0.25) is 0 Å². The zero-order valence-corrected chi connectivity index (χ0v) is 20.1. The van der Waals surface area contributed by atoms with Crippen LogP contribution >= 0.6 is 11.6 Å². The molecule has 0 amide bonds. The second kappa shape index (κ2) is 9.41. The molecule has 6 nitrogen and oxygen atoms in total. The molecule has 2 aliphatic heterocycles. The quantitative estimate of drug-likeness (QED) is 0.680. The number of hydrogen-bond acceptors (Lipinski definition) is 6. The molecule has 2 N–H and O–H groups in total. The Morgan fingerprint density at radius 2 is 1.87 bits per heavy atom. The van der Waals surface area contributed by atoms with Gasteiger partial charge in [-0.15, -0.1) is 0 Å². The van der Waals surface area contributed by atoms with Crippen LogP contribution < -0.4 is 5.73 Å². The van der Waals surface area contributed by atoms with Crippen molar-refractivity contribution in [1.82, 2.24) is 15.0 Å². The van der Waals surface area contributed by atoms with Gasteiger partial charge in [-0.1, -0.05) is 37.5 Å². The van der Waals surface area contributed by atoms with E-state index in [9.17, 15) is 0 Å². The molecule has 168 valence electrons. The third kappa shape index (κ3) is 5.86. The van der Waals surface area contributed by atoms with E-state index in [4.69, 9.17) is 21.9 Å². The van der Waals surface area contributed by atoms with Gasteiger partial charge < -0.3 is 15.2 Å². The van der Waals surface area contributed by atoms with Gasteiger partial charge in [0.1, 0.15) is 16.6 Å². The number of nitrogens with two attached hydrogens (primary N) is 1. The molecule has 1 spiro atoms. The van der Waals surface area contributed by atoms with Gasteiger partial charge in [-0.2, -0.15) is 0 Å². The highest BCUT2D eigenvalue weighted by molar-refractivity contribution is 6.70. The number of aryl methyl sites for hydroxylation is 1. The van der Waals surface area contributed by atoms with Crippen molar-refractivity contribution in [2.24, 2.45) is 21.6 Å². The van der Waals surface area contributed by atoms with Gasteiger partial charge in [0.05, 0.1) is 5.70 Å². The molecule has 0 bridgehead atoms. The fourth-order valence-electron chi connectivity index (χ4n) is 4.57. The number of rotatable bonds is 6. The summed E-state index contributed by atoms with van der Waals surface area (Å²) < 4.78 is 5.19. The molecule has 3 heterocycles. The molecule has 30 heavy (non-hydrogen) atoms. The molecule has 7 heteroatoms. The van der Waals surface area contributed by atoms with Crippen LogP contribution in [0.4, 0.5) is 0 Å². The smallest absolute Gasteiger partial charge is 0.134 e. The summed E-state index contributed by atoms with van der Waals surface area (Å²) in [7, 11) is 1.69. The van der Waals surface area contributed by atoms with Gasteiger partial charge in [0.15, 0.2) is 0 Å². The minimum atomic E-state index is 0.407. The first-order chi connectivity index (χ1) is 14.1. The van der Waals surface area contributed by atoms with Crippen molar-refractivity contribution in [3.05, 3.63) is 23.1 Å². The summed E-state index contributed by atoms with van der Waals surface area (Å²) in [6.45, 7) is 15.4. The van der Waals surface area contributed by atoms with Crippen molar-refractivity contribution in [2.45, 2.75) is 53.4 Å². The number of aliphatic imine (C=N–C) groups is 1. The second-order valence-corrected chi connectivity index (χ2v) is 10.7. The van der Waals surface area contributed by atoms with Crippen LogP contribution in [0.3, 0.4) is 0 Å². The summed E-state index contributed by atoms with van der Waals surface area (Å²) in [5, 5.41) is 4.50. The van der Waals surface area contributed by atoms with Crippen molar-refractivity contribution in [3.8, 4) is 0 Å². The highest BCUT2D eigenvalue weighted by Gasteiger charge is 2.40. The van der Waals surface area contributed by atoms with E-state index < -0.39 is 0 Å². The van der Waals surface area contributed by atoms with Gasteiger partial charge in [-0.25, -0.2) is 0 Å². The van der Waals surface area contributed by atoms with E-state index in [1.165, 1.54) is 45.3 Å². The van der Waals surface area contributed by atoms with Crippen molar-refractivity contribution in [1.29, 1.82) is 0 Å². The van der Waals surface area contributed by atoms with E-state index in [2.05, 4.69) is 40.7 Å². The maximum atomic E-state index is 6.43. The van der Waals surface area contributed by atoms with E-state index in [1.54, 1.807) is 7.05 Å². The Morgan fingerprint density at radius 1 is 1.23 bits per heavy atom. The van der Waals surface area contributed by atoms with Crippen molar-refractivity contribution >= 4 is 22.5 Å². The average molecular weight is 436 g/mol. The first-order valence-electron chi connectivity index (χ1n) is 11.1. The molecule has 0 aromatic carbocycles. The highest BCUT2D eigenvalue weighted by atomic mass is 35.5. The summed E-state index contributed by atoms with van der Waals surface area (Å²) in [6.07, 6.45) is 5.05.